The van der Waals surface area contributed by atoms with Crippen LogP contribution in [0, 0.1) is 0 Å². The van der Waals surface area contributed by atoms with Gasteiger partial charge in [-0.15, -0.1) is 0 Å². The van der Waals surface area contributed by atoms with Gasteiger partial charge in [0.25, 0.3) is 5.91 Å². The summed E-state index contributed by atoms with van der Waals surface area (Å²) in [6, 6.07) is 0. The molecule has 1 atom stereocenters. The maximum atomic E-state index is 11.3. The van der Waals surface area contributed by atoms with E-state index in [-0.39, 0.29) is 0 Å². The standard InChI is InChI=1S/C11H17N3O/c1-3-8-13-9(11(12)15)10-7(2)5-4-6-14(8)10/h7H,3-6H2,1-2H3,(H2,12,15). The third-order valence-corrected chi connectivity index (χ3v) is 3.12. The molecule has 0 fully saturated rings. The van der Waals surface area contributed by atoms with Crippen molar-refractivity contribution in [3.05, 3.63) is 17.2 Å². The van der Waals surface area contributed by atoms with Crippen LogP contribution in [0.3, 0.4) is 0 Å². The zero-order valence-corrected chi connectivity index (χ0v) is 9.29. The Labute approximate surface area is 89.5 Å². The Hall–Kier alpha value is -1.32. The Morgan fingerprint density at radius 3 is 3.00 bits per heavy atom. The van der Waals surface area contributed by atoms with Gasteiger partial charge in [0.15, 0.2) is 0 Å². The molecule has 0 saturated heterocycles. The molecule has 1 aliphatic rings. The largest absolute Gasteiger partial charge is 0.364 e. The lowest BCUT2D eigenvalue weighted by atomic mass is 9.96. The molecule has 0 saturated carbocycles. The number of fused-ring (bicyclic) bond motifs is 1. The highest BCUT2D eigenvalue weighted by molar-refractivity contribution is 5.92. The van der Waals surface area contributed by atoms with Gasteiger partial charge in [-0.2, -0.15) is 0 Å². The molecule has 2 N–H and O–H groups in total. The van der Waals surface area contributed by atoms with E-state index in [9.17, 15) is 4.79 Å². The fourth-order valence-electron chi connectivity index (χ4n) is 2.41. The van der Waals surface area contributed by atoms with Crippen LogP contribution in [0.1, 0.15) is 54.6 Å². The van der Waals surface area contributed by atoms with E-state index in [1.165, 1.54) is 0 Å². The Balaban J connectivity index is 2.58. The average Bonchev–Trinajstić information content (AvgIpc) is 2.58. The molecule has 4 nitrogen and oxygen atoms in total. The zero-order valence-electron chi connectivity index (χ0n) is 9.29. The van der Waals surface area contributed by atoms with Crippen molar-refractivity contribution in [2.24, 2.45) is 5.73 Å². The van der Waals surface area contributed by atoms with Crippen LogP contribution < -0.4 is 5.73 Å². The summed E-state index contributed by atoms with van der Waals surface area (Å²) in [5, 5.41) is 0. The number of nitrogens with zero attached hydrogens (tertiary/aromatic N) is 2. The maximum absolute atomic E-state index is 11.3. The van der Waals surface area contributed by atoms with Crippen LogP contribution in [0.5, 0.6) is 0 Å². The third kappa shape index (κ3) is 1.54. The number of imidazole rings is 1. The first kappa shape index (κ1) is 10.2. The predicted octanol–water partition coefficient (Wildman–Crippen LogP) is 1.44. The number of nitrogens with two attached hydrogens (primary N) is 1. The second-order valence-electron chi connectivity index (χ2n) is 4.17. The molecule has 4 heteroatoms. The summed E-state index contributed by atoms with van der Waals surface area (Å²) in [6.45, 7) is 5.17. The predicted molar refractivity (Wildman–Crippen MR) is 57.8 cm³/mol. The van der Waals surface area contributed by atoms with Gasteiger partial charge in [0.05, 0.1) is 5.69 Å². The van der Waals surface area contributed by atoms with Crippen LogP contribution in [0.4, 0.5) is 0 Å². The van der Waals surface area contributed by atoms with Gasteiger partial charge >= 0.3 is 0 Å². The topological polar surface area (TPSA) is 60.9 Å². The molecule has 1 aromatic rings. The first-order valence-corrected chi connectivity index (χ1v) is 5.54. The minimum Gasteiger partial charge on any atom is -0.364 e. The van der Waals surface area contributed by atoms with Crippen molar-refractivity contribution >= 4 is 5.91 Å². The number of carbonyl (C=O) groups excluding carboxylic acids is 1. The molecule has 1 aromatic heterocycles. The van der Waals surface area contributed by atoms with Crippen molar-refractivity contribution in [3.63, 3.8) is 0 Å². The minimum absolute atomic E-state index is 0.396. The maximum Gasteiger partial charge on any atom is 0.269 e. The Kier molecular flexibility index (Phi) is 2.50. The number of carbonyl (C=O) groups is 1. The number of rotatable bonds is 2. The van der Waals surface area contributed by atoms with E-state index in [2.05, 4.69) is 23.4 Å². The summed E-state index contributed by atoms with van der Waals surface area (Å²) in [5.74, 6) is 0.992. The summed E-state index contributed by atoms with van der Waals surface area (Å²) in [7, 11) is 0. The van der Waals surface area contributed by atoms with E-state index in [4.69, 9.17) is 5.73 Å². The van der Waals surface area contributed by atoms with Gasteiger partial charge in [0.2, 0.25) is 0 Å². The Morgan fingerprint density at radius 1 is 1.67 bits per heavy atom. The summed E-state index contributed by atoms with van der Waals surface area (Å²) >= 11 is 0. The number of aromatic nitrogens is 2. The van der Waals surface area contributed by atoms with Gasteiger partial charge in [0.1, 0.15) is 11.5 Å². The SMILES string of the molecule is CCc1nc(C(N)=O)c2n1CCCC2C. The lowest BCUT2D eigenvalue weighted by Crippen LogP contribution is -2.20. The third-order valence-electron chi connectivity index (χ3n) is 3.12. The van der Waals surface area contributed by atoms with Gasteiger partial charge in [-0.1, -0.05) is 13.8 Å². The molecule has 82 valence electrons. The number of primary amides is 1. The quantitative estimate of drug-likeness (QED) is 0.797. The molecule has 0 bridgehead atoms. The van der Waals surface area contributed by atoms with Crippen molar-refractivity contribution in [1.82, 2.24) is 9.55 Å². The second-order valence-corrected chi connectivity index (χ2v) is 4.17. The summed E-state index contributed by atoms with van der Waals surface area (Å²) in [4.78, 5) is 15.6. The number of hydrogen-bond donors (Lipinski definition) is 1. The Morgan fingerprint density at radius 2 is 2.40 bits per heavy atom. The molecule has 0 spiro atoms. The van der Waals surface area contributed by atoms with E-state index in [1.54, 1.807) is 0 Å². The van der Waals surface area contributed by atoms with Crippen LogP contribution in [0.25, 0.3) is 0 Å². The van der Waals surface area contributed by atoms with E-state index < -0.39 is 5.91 Å². The smallest absolute Gasteiger partial charge is 0.269 e. The molecule has 1 unspecified atom stereocenters. The fraction of sp³-hybridized carbons (Fsp3) is 0.636. The normalized spacial score (nSPS) is 20.0. The number of aryl methyl sites for hydroxylation is 1. The van der Waals surface area contributed by atoms with E-state index in [1.807, 2.05) is 0 Å². The van der Waals surface area contributed by atoms with E-state index in [0.29, 0.717) is 11.6 Å². The fourth-order valence-corrected chi connectivity index (χ4v) is 2.41. The molecular weight excluding hydrogens is 190 g/mol. The molecule has 2 rings (SSSR count). The number of amides is 1. The van der Waals surface area contributed by atoms with Crippen LogP contribution >= 0.6 is 0 Å². The molecule has 1 amide bonds. The molecule has 2 heterocycles. The number of hydrogen-bond acceptors (Lipinski definition) is 2. The van der Waals surface area contributed by atoms with Gasteiger partial charge in [-0.3, -0.25) is 4.79 Å². The first-order chi connectivity index (χ1) is 7.15. The summed E-state index contributed by atoms with van der Waals surface area (Å²) in [5.41, 5.74) is 6.89. The van der Waals surface area contributed by atoms with E-state index >= 15 is 0 Å². The Bertz CT molecular complexity index is 395. The van der Waals surface area contributed by atoms with Gasteiger partial charge in [-0.05, 0) is 18.8 Å². The average molecular weight is 207 g/mol. The van der Waals surface area contributed by atoms with Crippen molar-refractivity contribution in [3.8, 4) is 0 Å². The molecule has 0 aliphatic carbocycles. The van der Waals surface area contributed by atoms with Crippen molar-refractivity contribution < 1.29 is 4.79 Å². The summed E-state index contributed by atoms with van der Waals surface area (Å²) in [6.07, 6.45) is 3.14. The minimum atomic E-state index is -0.396. The van der Waals surface area contributed by atoms with Crippen LogP contribution in [-0.2, 0) is 13.0 Å². The summed E-state index contributed by atoms with van der Waals surface area (Å²) < 4.78 is 2.17. The monoisotopic (exact) mass is 207 g/mol. The highest BCUT2D eigenvalue weighted by atomic mass is 16.1. The van der Waals surface area contributed by atoms with Crippen molar-refractivity contribution in [2.45, 2.75) is 45.6 Å². The van der Waals surface area contributed by atoms with Crippen LogP contribution in [0.15, 0.2) is 0 Å². The first-order valence-electron chi connectivity index (χ1n) is 5.54. The molecular formula is C11H17N3O. The van der Waals surface area contributed by atoms with E-state index in [0.717, 1.165) is 37.3 Å². The van der Waals surface area contributed by atoms with Gasteiger partial charge < -0.3 is 10.3 Å². The molecule has 0 aromatic carbocycles. The van der Waals surface area contributed by atoms with Crippen molar-refractivity contribution in [2.75, 3.05) is 0 Å². The van der Waals surface area contributed by atoms with Crippen LogP contribution in [0.2, 0.25) is 0 Å². The molecule has 1 aliphatic heterocycles. The lowest BCUT2D eigenvalue weighted by molar-refractivity contribution is 0.0994. The van der Waals surface area contributed by atoms with Gasteiger partial charge in [0, 0.05) is 13.0 Å². The zero-order chi connectivity index (χ0) is 11.0. The highest BCUT2D eigenvalue weighted by Gasteiger charge is 2.26. The second kappa shape index (κ2) is 3.68. The van der Waals surface area contributed by atoms with Gasteiger partial charge in [-0.25, -0.2) is 4.98 Å². The van der Waals surface area contributed by atoms with Crippen molar-refractivity contribution in [1.29, 1.82) is 0 Å². The molecule has 15 heavy (non-hydrogen) atoms. The van der Waals surface area contributed by atoms with Crippen LogP contribution in [-0.4, -0.2) is 15.5 Å². The highest BCUT2D eigenvalue weighted by Crippen LogP contribution is 2.30. The molecule has 0 radical (unpaired) electrons. The lowest BCUT2D eigenvalue weighted by Gasteiger charge is -2.22.